The Bertz CT molecular complexity index is 671. The highest BCUT2D eigenvalue weighted by Crippen LogP contribution is 2.39. The van der Waals surface area contributed by atoms with Crippen LogP contribution in [-0.4, -0.2) is 32.5 Å². The largest absolute Gasteiger partial charge is 0.469 e. The van der Waals surface area contributed by atoms with Crippen LogP contribution in [-0.2, 0) is 14.0 Å². The number of aryl methyl sites for hydroxylation is 1. The van der Waals surface area contributed by atoms with Crippen molar-refractivity contribution in [2.24, 2.45) is 0 Å². The Balaban J connectivity index is 3.06. The minimum atomic E-state index is -1.97. The fourth-order valence-corrected chi connectivity index (χ4v) is 4.12. The van der Waals surface area contributed by atoms with Gasteiger partial charge in [-0.05, 0) is 50.0 Å². The van der Waals surface area contributed by atoms with Crippen LogP contribution >= 0.6 is 11.3 Å². The van der Waals surface area contributed by atoms with Crippen molar-refractivity contribution in [1.82, 2.24) is 4.98 Å². The van der Waals surface area contributed by atoms with Gasteiger partial charge in [-0.3, -0.25) is 4.79 Å². The molecule has 146 valence electrons. The topological polar surface area (TPSA) is 48.4 Å². The second-order valence-electron chi connectivity index (χ2n) is 8.25. The number of hydrogen-bond acceptors (Lipinski definition) is 5. The Kier molecular flexibility index (Phi) is 7.98. The first-order valence-electron chi connectivity index (χ1n) is 8.87. The number of carbonyl (C=O) groups is 1. The fraction of sp³-hybridized carbons (Fsp3) is 0.600. The molecule has 0 unspecified atom stereocenters. The molecule has 1 rings (SSSR count). The number of thiazole rings is 1. The zero-order valence-electron chi connectivity index (χ0n) is 17.4. The molecule has 0 N–H and O–H groups in total. The Morgan fingerprint density at radius 2 is 2.04 bits per heavy atom. The van der Waals surface area contributed by atoms with E-state index in [9.17, 15) is 4.79 Å². The molecule has 0 spiro atoms. The Morgan fingerprint density at radius 3 is 2.50 bits per heavy atom. The normalized spacial score (nSPS) is 14.2. The van der Waals surface area contributed by atoms with Gasteiger partial charge >= 0.3 is 5.97 Å². The minimum Gasteiger partial charge on any atom is -0.469 e. The molecule has 4 nitrogen and oxygen atoms in total. The monoisotopic (exact) mass is 395 g/mol. The number of ether oxygens (including phenoxy) is 1. The third-order valence-electron chi connectivity index (χ3n) is 4.86. The molecule has 0 aromatic carbocycles. The third kappa shape index (κ3) is 6.82. The molecule has 1 aromatic heterocycles. The first-order chi connectivity index (χ1) is 11.9. The first-order valence-corrected chi connectivity index (χ1v) is 12.7. The highest BCUT2D eigenvalue weighted by molar-refractivity contribution is 7.09. The molecule has 1 aromatic rings. The fourth-order valence-electron chi connectivity index (χ4n) is 2.21. The smallest absolute Gasteiger partial charge is 0.309 e. The molecule has 26 heavy (non-hydrogen) atoms. The van der Waals surface area contributed by atoms with Gasteiger partial charge in [0.2, 0.25) is 0 Å². The lowest BCUT2D eigenvalue weighted by molar-refractivity contribution is -0.139. The molecule has 6 heteroatoms. The molecule has 0 aliphatic rings. The van der Waals surface area contributed by atoms with Gasteiger partial charge in [0.1, 0.15) is 0 Å². The Morgan fingerprint density at radius 1 is 1.42 bits per heavy atom. The summed E-state index contributed by atoms with van der Waals surface area (Å²) >= 11 is 1.63. The van der Waals surface area contributed by atoms with Crippen molar-refractivity contribution in [2.45, 2.75) is 71.7 Å². The molecule has 1 heterocycles. The summed E-state index contributed by atoms with van der Waals surface area (Å²) in [5.74, 6) is -0.266. The number of aromatic nitrogens is 1. The molecule has 0 saturated carbocycles. The molecule has 0 aliphatic heterocycles. The van der Waals surface area contributed by atoms with Crippen LogP contribution in [0, 0.1) is 6.92 Å². The van der Waals surface area contributed by atoms with E-state index in [2.05, 4.69) is 58.4 Å². The number of esters is 1. The summed E-state index contributed by atoms with van der Waals surface area (Å²) < 4.78 is 11.4. The second kappa shape index (κ2) is 9.11. The molecule has 0 aliphatic carbocycles. The van der Waals surface area contributed by atoms with E-state index in [-0.39, 0.29) is 23.5 Å². The first kappa shape index (κ1) is 22.8. The van der Waals surface area contributed by atoms with Gasteiger partial charge in [-0.15, -0.1) is 11.3 Å². The van der Waals surface area contributed by atoms with Gasteiger partial charge in [-0.2, -0.15) is 0 Å². The second-order valence-corrected chi connectivity index (χ2v) is 14.1. The molecule has 0 amide bonds. The van der Waals surface area contributed by atoms with Crippen LogP contribution < -0.4 is 0 Å². The van der Waals surface area contributed by atoms with Crippen molar-refractivity contribution >= 4 is 31.7 Å². The van der Waals surface area contributed by atoms with Crippen LogP contribution in [0.4, 0.5) is 0 Å². The molecule has 0 saturated heterocycles. The minimum absolute atomic E-state index is 0.104. The van der Waals surface area contributed by atoms with Gasteiger partial charge in [0, 0.05) is 5.38 Å². The van der Waals surface area contributed by atoms with E-state index in [1.165, 1.54) is 7.11 Å². The van der Waals surface area contributed by atoms with Gasteiger partial charge in [0.05, 0.1) is 30.3 Å². The van der Waals surface area contributed by atoms with Gasteiger partial charge < -0.3 is 9.16 Å². The lowest BCUT2D eigenvalue weighted by Crippen LogP contribution is -2.44. The van der Waals surface area contributed by atoms with Gasteiger partial charge in [-0.1, -0.05) is 32.9 Å². The maximum absolute atomic E-state index is 11.6. The zero-order chi connectivity index (χ0) is 20.1. The quantitative estimate of drug-likeness (QED) is 0.319. The molecule has 1 atom stereocenters. The highest BCUT2D eigenvalue weighted by atomic mass is 32.1. The van der Waals surface area contributed by atoms with Crippen molar-refractivity contribution in [2.75, 3.05) is 7.11 Å². The van der Waals surface area contributed by atoms with Crippen molar-refractivity contribution in [3.8, 4) is 0 Å². The van der Waals surface area contributed by atoms with Crippen LogP contribution in [0.25, 0.3) is 6.08 Å². The van der Waals surface area contributed by atoms with Gasteiger partial charge in [0.25, 0.3) is 0 Å². The molecular formula is C20H33NO3SSi. The molecule has 0 bridgehead atoms. The number of hydrogen-bond donors (Lipinski definition) is 0. The lowest BCUT2D eigenvalue weighted by Gasteiger charge is -2.40. The summed E-state index contributed by atoms with van der Waals surface area (Å²) in [5.41, 5.74) is 2.88. The van der Waals surface area contributed by atoms with E-state index >= 15 is 0 Å². The van der Waals surface area contributed by atoms with E-state index in [1.54, 1.807) is 11.3 Å². The maximum Gasteiger partial charge on any atom is 0.309 e. The molecule has 0 fully saturated rings. The highest BCUT2D eigenvalue weighted by Gasteiger charge is 2.39. The van der Waals surface area contributed by atoms with Crippen molar-refractivity contribution in [3.05, 3.63) is 33.8 Å². The zero-order valence-corrected chi connectivity index (χ0v) is 19.3. The van der Waals surface area contributed by atoms with E-state index in [0.717, 1.165) is 21.8 Å². The van der Waals surface area contributed by atoms with E-state index < -0.39 is 8.32 Å². The SMILES string of the molecule is C=C(CC(=O)OC)C[C@H](O[Si](C)(C)C(C)(C)C)/C(C)=C/c1csc(C)n1. The average Bonchev–Trinajstić information content (AvgIpc) is 2.89. The van der Waals surface area contributed by atoms with Gasteiger partial charge in [0.15, 0.2) is 8.32 Å². The summed E-state index contributed by atoms with van der Waals surface area (Å²) in [4.78, 5) is 16.1. The third-order valence-corrected chi connectivity index (χ3v) is 10.1. The van der Waals surface area contributed by atoms with E-state index in [0.29, 0.717) is 6.42 Å². The average molecular weight is 396 g/mol. The van der Waals surface area contributed by atoms with Crippen molar-refractivity contribution in [3.63, 3.8) is 0 Å². The van der Waals surface area contributed by atoms with Crippen LogP contribution in [0.1, 0.15) is 51.2 Å². The Labute approximate surface area is 163 Å². The van der Waals surface area contributed by atoms with Gasteiger partial charge in [-0.25, -0.2) is 4.98 Å². The number of nitrogens with zero attached hydrogens (tertiary/aromatic N) is 1. The van der Waals surface area contributed by atoms with Crippen LogP contribution in [0.15, 0.2) is 23.1 Å². The predicted molar refractivity (Wildman–Crippen MR) is 113 cm³/mol. The summed E-state index contributed by atoms with van der Waals surface area (Å²) in [6.07, 6.45) is 2.78. The van der Waals surface area contributed by atoms with Crippen molar-refractivity contribution in [1.29, 1.82) is 0 Å². The number of methoxy groups -OCH3 is 1. The van der Waals surface area contributed by atoms with Crippen LogP contribution in [0.5, 0.6) is 0 Å². The molecular weight excluding hydrogens is 362 g/mol. The lowest BCUT2D eigenvalue weighted by atomic mass is 10.0. The van der Waals surface area contributed by atoms with E-state index in [4.69, 9.17) is 9.16 Å². The van der Waals surface area contributed by atoms with E-state index in [1.807, 2.05) is 12.3 Å². The standard InChI is InChI=1S/C20H33NO3SSi/c1-14(11-19(22)23-7)10-18(24-26(8,9)20(4,5)6)15(2)12-17-13-25-16(3)21-17/h12-13,18H,1,10-11H2,2-9H3/b15-12+/t18-/m0/s1. The summed E-state index contributed by atoms with van der Waals surface area (Å²) in [5, 5.41) is 3.19. The number of carbonyl (C=O) groups excluding carboxylic acids is 1. The van der Waals surface area contributed by atoms with Crippen LogP contribution in [0.2, 0.25) is 18.1 Å². The summed E-state index contributed by atoms with van der Waals surface area (Å²) in [7, 11) is -0.576. The molecule has 0 radical (unpaired) electrons. The maximum atomic E-state index is 11.6. The Hall–Kier alpha value is -1.24. The van der Waals surface area contributed by atoms with Crippen molar-refractivity contribution < 1.29 is 14.0 Å². The summed E-state index contributed by atoms with van der Waals surface area (Å²) in [6.45, 7) is 19.3. The van der Waals surface area contributed by atoms with Crippen LogP contribution in [0.3, 0.4) is 0 Å². The number of rotatable bonds is 8. The summed E-state index contributed by atoms with van der Waals surface area (Å²) in [6, 6.07) is 0. The predicted octanol–water partition coefficient (Wildman–Crippen LogP) is 5.75.